The number of rotatable bonds is 2. The second-order valence-electron chi connectivity index (χ2n) is 4.44. The van der Waals surface area contributed by atoms with Crippen molar-refractivity contribution in [3.8, 4) is 0 Å². The van der Waals surface area contributed by atoms with E-state index in [2.05, 4.69) is 63.0 Å². The summed E-state index contributed by atoms with van der Waals surface area (Å²) in [6.07, 6.45) is 0. The molecule has 1 aliphatic rings. The number of thiophene rings is 1. The third kappa shape index (κ3) is 2.31. The van der Waals surface area contributed by atoms with Gasteiger partial charge in [0.15, 0.2) is 0 Å². The van der Waals surface area contributed by atoms with Crippen molar-refractivity contribution in [3.63, 3.8) is 0 Å². The molecule has 0 aliphatic carbocycles. The van der Waals surface area contributed by atoms with Gasteiger partial charge in [-0.1, -0.05) is 34.1 Å². The highest BCUT2D eigenvalue weighted by molar-refractivity contribution is 9.10. The van der Waals surface area contributed by atoms with Gasteiger partial charge in [-0.05, 0) is 45.6 Å². The van der Waals surface area contributed by atoms with Gasteiger partial charge in [0.1, 0.15) is 0 Å². The number of ether oxygens (including phenoxy) is 1. The normalized spacial score (nSPS) is 15.7. The fraction of sp³-hybridized carbons (Fsp3) is 0.286. The number of alkyl halides is 1. The number of hydrogen-bond acceptors (Lipinski definition) is 2. The van der Waals surface area contributed by atoms with Crippen molar-refractivity contribution in [1.82, 2.24) is 0 Å². The summed E-state index contributed by atoms with van der Waals surface area (Å²) in [5, 5.41) is 0. The van der Waals surface area contributed by atoms with E-state index in [1.165, 1.54) is 30.9 Å². The molecule has 1 unspecified atom stereocenters. The largest absolute Gasteiger partial charge is 0.372 e. The van der Waals surface area contributed by atoms with E-state index in [1.807, 2.05) is 11.3 Å². The minimum atomic E-state index is 0.262. The molecule has 2 aromatic rings. The molecule has 0 radical (unpaired) electrons. The number of benzene rings is 1. The highest BCUT2D eigenvalue weighted by atomic mass is 79.9. The molecule has 4 heteroatoms. The molecule has 1 aliphatic heterocycles. The second kappa shape index (κ2) is 5.08. The first kappa shape index (κ1) is 12.9. The Morgan fingerprint density at radius 2 is 2.00 bits per heavy atom. The summed E-state index contributed by atoms with van der Waals surface area (Å²) in [4.78, 5) is 2.91. The molecule has 2 heterocycles. The van der Waals surface area contributed by atoms with E-state index >= 15 is 0 Å². The molecule has 0 saturated carbocycles. The average molecular weight is 388 g/mol. The van der Waals surface area contributed by atoms with Crippen LogP contribution in [-0.2, 0) is 18.0 Å². The van der Waals surface area contributed by atoms with Crippen LogP contribution in [-0.4, -0.2) is 0 Å². The van der Waals surface area contributed by atoms with Crippen molar-refractivity contribution in [2.75, 3.05) is 0 Å². The lowest BCUT2D eigenvalue weighted by atomic mass is 10.0. The summed E-state index contributed by atoms with van der Waals surface area (Å²) in [6.45, 7) is 3.64. The van der Waals surface area contributed by atoms with Crippen LogP contribution in [0.4, 0.5) is 0 Å². The molecule has 0 amide bonds. The predicted molar refractivity (Wildman–Crippen MR) is 82.5 cm³/mol. The molecule has 0 fully saturated rings. The van der Waals surface area contributed by atoms with Gasteiger partial charge in [-0.3, -0.25) is 0 Å². The van der Waals surface area contributed by atoms with E-state index in [9.17, 15) is 0 Å². The molecule has 94 valence electrons. The van der Waals surface area contributed by atoms with Crippen molar-refractivity contribution < 1.29 is 4.74 Å². The Kier molecular flexibility index (Phi) is 3.63. The van der Waals surface area contributed by atoms with Crippen LogP contribution in [0.1, 0.15) is 31.3 Å². The molecule has 18 heavy (non-hydrogen) atoms. The topological polar surface area (TPSA) is 9.23 Å². The zero-order valence-electron chi connectivity index (χ0n) is 9.87. The van der Waals surface area contributed by atoms with Crippen LogP contribution >= 0.6 is 43.2 Å². The molecular weight excluding hydrogens is 376 g/mol. The van der Waals surface area contributed by atoms with Gasteiger partial charge < -0.3 is 4.74 Å². The van der Waals surface area contributed by atoms with Crippen molar-refractivity contribution in [2.24, 2.45) is 0 Å². The van der Waals surface area contributed by atoms with Crippen molar-refractivity contribution in [1.29, 1.82) is 0 Å². The first-order valence-corrected chi connectivity index (χ1v) is 8.27. The maximum atomic E-state index is 5.46. The van der Waals surface area contributed by atoms with Crippen molar-refractivity contribution >= 4 is 43.2 Å². The maximum absolute atomic E-state index is 5.46. The Balaban J connectivity index is 1.94. The first-order chi connectivity index (χ1) is 8.65. The van der Waals surface area contributed by atoms with Gasteiger partial charge in [-0.25, -0.2) is 0 Å². The third-order valence-corrected chi connectivity index (χ3v) is 6.69. The van der Waals surface area contributed by atoms with E-state index < -0.39 is 0 Å². The van der Waals surface area contributed by atoms with Gasteiger partial charge in [0.05, 0.1) is 18.0 Å². The van der Waals surface area contributed by atoms with Gasteiger partial charge in [0.2, 0.25) is 0 Å². The fourth-order valence-electron chi connectivity index (χ4n) is 2.12. The highest BCUT2D eigenvalue weighted by Crippen LogP contribution is 2.39. The molecule has 1 atom stereocenters. The Hall–Kier alpha value is -0.160. The van der Waals surface area contributed by atoms with Crippen LogP contribution in [0.2, 0.25) is 0 Å². The Morgan fingerprint density at radius 1 is 1.22 bits per heavy atom. The lowest BCUT2D eigenvalue weighted by Gasteiger charge is -2.09. The van der Waals surface area contributed by atoms with E-state index in [0.29, 0.717) is 0 Å². The zero-order valence-corrected chi connectivity index (χ0v) is 13.9. The van der Waals surface area contributed by atoms with Gasteiger partial charge >= 0.3 is 0 Å². The van der Waals surface area contributed by atoms with E-state index in [-0.39, 0.29) is 4.83 Å². The summed E-state index contributed by atoms with van der Waals surface area (Å²) in [7, 11) is 0. The number of halogens is 2. The third-order valence-electron chi connectivity index (χ3n) is 3.16. The molecular formula is C14H12Br2OS. The van der Waals surface area contributed by atoms with Crippen LogP contribution in [0, 0.1) is 6.92 Å². The lowest BCUT2D eigenvalue weighted by molar-refractivity contribution is 0.134. The molecule has 1 aromatic heterocycles. The summed E-state index contributed by atoms with van der Waals surface area (Å²) >= 11 is 9.20. The van der Waals surface area contributed by atoms with Crippen LogP contribution in [0.3, 0.4) is 0 Å². The lowest BCUT2D eigenvalue weighted by Crippen LogP contribution is -1.92. The quantitative estimate of drug-likeness (QED) is 0.632. The van der Waals surface area contributed by atoms with Gasteiger partial charge in [0, 0.05) is 14.2 Å². The minimum absolute atomic E-state index is 0.262. The Morgan fingerprint density at radius 3 is 2.72 bits per heavy atom. The van der Waals surface area contributed by atoms with Crippen molar-refractivity contribution in [2.45, 2.75) is 25.0 Å². The number of hydrogen-bond donors (Lipinski definition) is 0. The molecule has 0 bridgehead atoms. The summed E-state index contributed by atoms with van der Waals surface area (Å²) in [5.74, 6) is 0. The Bertz CT molecular complexity index is 572. The SMILES string of the molecule is Cc1sc(C(Br)c2ccc3c(c2)COC3)cc1Br. The van der Waals surface area contributed by atoms with Crippen LogP contribution in [0.15, 0.2) is 28.7 Å². The minimum Gasteiger partial charge on any atom is -0.372 e. The molecule has 0 N–H and O–H groups in total. The zero-order chi connectivity index (χ0) is 12.7. The van der Waals surface area contributed by atoms with E-state index in [1.54, 1.807) is 0 Å². The van der Waals surface area contributed by atoms with E-state index in [4.69, 9.17) is 4.74 Å². The van der Waals surface area contributed by atoms with Gasteiger partial charge in [-0.15, -0.1) is 11.3 Å². The van der Waals surface area contributed by atoms with Gasteiger partial charge in [0.25, 0.3) is 0 Å². The predicted octanol–water partition coefficient (Wildman–Crippen LogP) is 5.33. The molecule has 1 nitrogen and oxygen atoms in total. The van der Waals surface area contributed by atoms with Crippen LogP contribution in [0.25, 0.3) is 0 Å². The van der Waals surface area contributed by atoms with Crippen LogP contribution < -0.4 is 0 Å². The van der Waals surface area contributed by atoms with Gasteiger partial charge in [-0.2, -0.15) is 0 Å². The fourth-order valence-corrected chi connectivity index (χ4v) is 4.38. The first-order valence-electron chi connectivity index (χ1n) is 5.74. The van der Waals surface area contributed by atoms with Crippen LogP contribution in [0.5, 0.6) is 0 Å². The molecule has 0 spiro atoms. The average Bonchev–Trinajstić information content (AvgIpc) is 2.95. The summed E-state index contributed by atoms with van der Waals surface area (Å²) in [5.41, 5.74) is 3.94. The summed E-state index contributed by atoms with van der Waals surface area (Å²) < 4.78 is 6.65. The highest BCUT2D eigenvalue weighted by Gasteiger charge is 2.17. The molecule has 0 saturated heterocycles. The second-order valence-corrected chi connectivity index (χ2v) is 7.49. The number of fused-ring (bicyclic) bond motifs is 1. The number of aryl methyl sites for hydroxylation is 1. The summed E-state index contributed by atoms with van der Waals surface area (Å²) in [6, 6.07) is 8.82. The molecule has 1 aromatic carbocycles. The maximum Gasteiger partial charge on any atom is 0.0738 e. The molecule has 3 rings (SSSR count). The Labute approximate surface area is 127 Å². The van der Waals surface area contributed by atoms with Crippen molar-refractivity contribution in [3.05, 3.63) is 55.2 Å². The monoisotopic (exact) mass is 386 g/mol. The van der Waals surface area contributed by atoms with E-state index in [0.717, 1.165) is 13.2 Å². The smallest absolute Gasteiger partial charge is 0.0738 e. The standard InChI is InChI=1S/C14H12Br2OS/c1-8-12(15)5-13(18-8)14(16)9-2-3-10-6-17-7-11(10)4-9/h2-5,14H,6-7H2,1H3.